The minimum absolute atomic E-state index is 0.262. The number of hydrogen-bond acceptors (Lipinski definition) is 4. The number of aliphatic hydroxyl groups excluding tert-OH is 1. The van der Waals surface area contributed by atoms with E-state index in [0.29, 0.717) is 0 Å². The lowest BCUT2D eigenvalue weighted by Crippen LogP contribution is -1.99. The summed E-state index contributed by atoms with van der Waals surface area (Å²) in [7, 11) is 1.88. The topological polar surface area (TPSA) is 68.8 Å². The van der Waals surface area contributed by atoms with Crippen molar-refractivity contribution < 1.29 is 5.11 Å². The van der Waals surface area contributed by atoms with E-state index in [1.807, 2.05) is 24.0 Å². The number of hydrogen-bond donors (Lipinski definition) is 1. The molecule has 0 fully saturated rings. The Morgan fingerprint density at radius 3 is 2.88 bits per heavy atom. The predicted molar refractivity (Wildman–Crippen MR) is 63.2 cm³/mol. The van der Waals surface area contributed by atoms with Crippen LogP contribution in [-0.4, -0.2) is 36.5 Å². The Morgan fingerprint density at radius 1 is 1.29 bits per heavy atom. The molecular weight excluding hydrogens is 218 g/mol. The maximum absolute atomic E-state index is 8.68. The number of aryl methyl sites for hydroxylation is 2. The van der Waals surface area contributed by atoms with E-state index in [4.69, 9.17) is 5.11 Å². The van der Waals surface area contributed by atoms with E-state index in [2.05, 4.69) is 15.4 Å². The molecule has 0 spiro atoms. The van der Waals surface area contributed by atoms with Gasteiger partial charge in [-0.05, 0) is 25.3 Å². The van der Waals surface area contributed by atoms with Crippen LogP contribution in [0.5, 0.6) is 0 Å². The van der Waals surface area contributed by atoms with Gasteiger partial charge in [-0.3, -0.25) is 9.36 Å². The van der Waals surface area contributed by atoms with Crippen molar-refractivity contribution in [1.82, 2.24) is 24.8 Å². The molecule has 0 aliphatic heterocycles. The second-order valence-corrected chi connectivity index (χ2v) is 3.99. The smallest absolute Gasteiger partial charge is 0.131 e. The second kappa shape index (κ2) is 5.58. The second-order valence-electron chi connectivity index (χ2n) is 3.99. The molecular formula is C11H17N5O. The van der Waals surface area contributed by atoms with Crippen LogP contribution in [0, 0.1) is 0 Å². The van der Waals surface area contributed by atoms with E-state index < -0.39 is 0 Å². The third-order valence-electron chi connectivity index (χ3n) is 2.67. The van der Waals surface area contributed by atoms with Gasteiger partial charge < -0.3 is 5.11 Å². The molecule has 2 heterocycles. The van der Waals surface area contributed by atoms with E-state index in [-0.39, 0.29) is 6.61 Å². The van der Waals surface area contributed by atoms with Crippen LogP contribution in [0.2, 0.25) is 0 Å². The first-order valence-corrected chi connectivity index (χ1v) is 5.80. The fourth-order valence-corrected chi connectivity index (χ4v) is 1.71. The quantitative estimate of drug-likeness (QED) is 0.753. The zero-order chi connectivity index (χ0) is 12.1. The largest absolute Gasteiger partial charge is 0.396 e. The summed E-state index contributed by atoms with van der Waals surface area (Å²) in [6.07, 6.45) is 6.54. The predicted octanol–water partition coefficient (Wildman–Crippen LogP) is 0.841. The first-order chi connectivity index (χ1) is 8.31. The molecule has 0 aliphatic carbocycles. The zero-order valence-electron chi connectivity index (χ0n) is 9.95. The van der Waals surface area contributed by atoms with Crippen molar-refractivity contribution in [3.05, 3.63) is 18.5 Å². The molecule has 0 amide bonds. The van der Waals surface area contributed by atoms with E-state index in [1.54, 1.807) is 10.9 Å². The molecule has 0 bridgehead atoms. The number of aromatic nitrogens is 5. The molecule has 6 heteroatoms. The highest BCUT2D eigenvalue weighted by molar-refractivity contribution is 5.51. The van der Waals surface area contributed by atoms with E-state index in [0.717, 1.165) is 37.2 Å². The third-order valence-corrected chi connectivity index (χ3v) is 2.67. The Labute approximate surface area is 99.9 Å². The molecule has 0 atom stereocenters. The molecule has 2 rings (SSSR count). The summed E-state index contributed by atoms with van der Waals surface area (Å²) in [4.78, 5) is 0. The number of unbranched alkanes of at least 4 members (excludes halogenated alkanes) is 2. The fraction of sp³-hybridized carbons (Fsp3) is 0.545. The van der Waals surface area contributed by atoms with Crippen LogP contribution in [0.4, 0.5) is 0 Å². The molecule has 92 valence electrons. The van der Waals surface area contributed by atoms with Gasteiger partial charge in [-0.15, -0.1) is 5.10 Å². The molecule has 0 unspecified atom stereocenters. The minimum atomic E-state index is 0.262. The van der Waals surface area contributed by atoms with Crippen LogP contribution < -0.4 is 0 Å². The van der Waals surface area contributed by atoms with Crippen molar-refractivity contribution >= 4 is 0 Å². The average Bonchev–Trinajstić information content (AvgIpc) is 2.93. The van der Waals surface area contributed by atoms with Crippen LogP contribution >= 0.6 is 0 Å². The van der Waals surface area contributed by atoms with Crippen LogP contribution in [0.25, 0.3) is 11.4 Å². The molecule has 0 radical (unpaired) electrons. The van der Waals surface area contributed by atoms with Crippen LogP contribution in [0.15, 0.2) is 18.5 Å². The van der Waals surface area contributed by atoms with Gasteiger partial charge in [0.25, 0.3) is 0 Å². The van der Waals surface area contributed by atoms with Gasteiger partial charge >= 0.3 is 0 Å². The van der Waals surface area contributed by atoms with E-state index in [9.17, 15) is 0 Å². The van der Waals surface area contributed by atoms with Crippen molar-refractivity contribution in [3.63, 3.8) is 0 Å². The summed E-state index contributed by atoms with van der Waals surface area (Å²) in [5.74, 6) is 0. The summed E-state index contributed by atoms with van der Waals surface area (Å²) >= 11 is 0. The highest BCUT2D eigenvalue weighted by Crippen LogP contribution is 2.14. The minimum Gasteiger partial charge on any atom is -0.396 e. The first kappa shape index (κ1) is 11.8. The molecule has 2 aromatic rings. The summed E-state index contributed by atoms with van der Waals surface area (Å²) in [5.41, 5.74) is 1.80. The lowest BCUT2D eigenvalue weighted by molar-refractivity contribution is 0.281. The first-order valence-electron chi connectivity index (χ1n) is 5.80. The zero-order valence-corrected chi connectivity index (χ0v) is 9.95. The van der Waals surface area contributed by atoms with Gasteiger partial charge in [0.05, 0.1) is 11.9 Å². The van der Waals surface area contributed by atoms with Crippen molar-refractivity contribution in [3.8, 4) is 11.4 Å². The Morgan fingerprint density at radius 2 is 2.18 bits per heavy atom. The maximum Gasteiger partial charge on any atom is 0.131 e. The van der Waals surface area contributed by atoms with Gasteiger partial charge in [0.15, 0.2) is 0 Å². The van der Waals surface area contributed by atoms with Gasteiger partial charge in [0, 0.05) is 26.4 Å². The van der Waals surface area contributed by atoms with Crippen molar-refractivity contribution in [2.75, 3.05) is 6.61 Å². The van der Waals surface area contributed by atoms with Gasteiger partial charge in [0.2, 0.25) is 0 Å². The Bertz CT molecular complexity index is 462. The van der Waals surface area contributed by atoms with Crippen molar-refractivity contribution in [1.29, 1.82) is 0 Å². The normalized spacial score (nSPS) is 10.9. The summed E-state index contributed by atoms with van der Waals surface area (Å²) < 4.78 is 3.61. The lowest BCUT2D eigenvalue weighted by Gasteiger charge is -1.98. The number of nitrogens with zero attached hydrogens (tertiary/aromatic N) is 5. The van der Waals surface area contributed by atoms with Gasteiger partial charge in [-0.2, -0.15) is 5.10 Å². The number of rotatable bonds is 6. The maximum atomic E-state index is 8.68. The molecule has 2 aromatic heterocycles. The van der Waals surface area contributed by atoms with Crippen LogP contribution in [0.3, 0.4) is 0 Å². The fourth-order valence-electron chi connectivity index (χ4n) is 1.71. The molecule has 0 aliphatic rings. The van der Waals surface area contributed by atoms with E-state index in [1.165, 1.54) is 0 Å². The standard InChI is InChI=1S/C11H17N5O/c1-15-11(5-6-12-15)10-9-16(14-13-10)7-3-2-4-8-17/h5-6,9,17H,2-4,7-8H2,1H3. The van der Waals surface area contributed by atoms with E-state index >= 15 is 0 Å². The van der Waals surface area contributed by atoms with Gasteiger partial charge in [-0.25, -0.2) is 0 Å². The molecule has 1 N–H and O–H groups in total. The summed E-state index contributed by atoms with van der Waals surface area (Å²) in [5, 5.41) is 21.0. The van der Waals surface area contributed by atoms with Gasteiger partial charge in [0.1, 0.15) is 5.69 Å². The summed E-state index contributed by atoms with van der Waals surface area (Å²) in [6.45, 7) is 1.10. The third kappa shape index (κ3) is 2.91. The highest BCUT2D eigenvalue weighted by atomic mass is 16.2. The highest BCUT2D eigenvalue weighted by Gasteiger charge is 2.06. The lowest BCUT2D eigenvalue weighted by atomic mass is 10.2. The van der Waals surface area contributed by atoms with Crippen LogP contribution in [-0.2, 0) is 13.6 Å². The van der Waals surface area contributed by atoms with Crippen LogP contribution in [0.1, 0.15) is 19.3 Å². The Hall–Kier alpha value is -1.69. The number of aliphatic hydroxyl groups is 1. The monoisotopic (exact) mass is 235 g/mol. The molecule has 0 aromatic carbocycles. The SMILES string of the molecule is Cn1nccc1-c1cn(CCCCCO)nn1. The molecule has 6 nitrogen and oxygen atoms in total. The molecule has 0 saturated heterocycles. The summed E-state index contributed by atoms with van der Waals surface area (Å²) in [6, 6.07) is 1.92. The van der Waals surface area contributed by atoms with Crippen molar-refractivity contribution in [2.24, 2.45) is 7.05 Å². The average molecular weight is 235 g/mol. The van der Waals surface area contributed by atoms with Crippen molar-refractivity contribution in [2.45, 2.75) is 25.8 Å². The molecule has 0 saturated carbocycles. The Balaban J connectivity index is 1.95. The molecule has 17 heavy (non-hydrogen) atoms. The Kier molecular flexibility index (Phi) is 3.87. The van der Waals surface area contributed by atoms with Gasteiger partial charge in [-0.1, -0.05) is 5.21 Å².